The van der Waals surface area contributed by atoms with Gasteiger partial charge in [0.1, 0.15) is 0 Å². The number of nitrogens with one attached hydrogen (secondary N) is 3. The Bertz CT molecular complexity index is 1060. The number of ether oxygens (including phenoxy) is 2. The fourth-order valence-corrected chi connectivity index (χ4v) is 2.79. The van der Waals surface area contributed by atoms with Crippen LogP contribution < -0.4 is 25.5 Å². The van der Waals surface area contributed by atoms with E-state index in [0.717, 1.165) is 5.56 Å². The minimum atomic E-state index is -0.859. The van der Waals surface area contributed by atoms with Gasteiger partial charge in [-0.05, 0) is 68.7 Å². The van der Waals surface area contributed by atoms with Gasteiger partial charge in [-0.2, -0.15) is 5.10 Å². The third-order valence-corrected chi connectivity index (χ3v) is 5.06. The van der Waals surface area contributed by atoms with E-state index in [9.17, 15) is 14.4 Å². The molecule has 0 spiro atoms. The topological polar surface area (TPSA) is 118 Å². The van der Waals surface area contributed by atoms with Crippen molar-refractivity contribution in [3.8, 4) is 11.5 Å². The average molecular weight is 489 g/mol. The van der Waals surface area contributed by atoms with Gasteiger partial charge in [0, 0.05) is 16.8 Å². The van der Waals surface area contributed by atoms with E-state index in [1.807, 2.05) is 26.8 Å². The Kier molecular flexibility index (Phi) is 10.3. The van der Waals surface area contributed by atoms with Crippen molar-refractivity contribution in [3.63, 3.8) is 0 Å². The predicted octanol–water partition coefficient (Wildman–Crippen LogP) is 3.43. The normalized spacial score (nSPS) is 11.6. The molecule has 34 heavy (non-hydrogen) atoms. The molecule has 182 valence electrons. The van der Waals surface area contributed by atoms with Gasteiger partial charge in [0.25, 0.3) is 5.91 Å². The summed E-state index contributed by atoms with van der Waals surface area (Å²) in [4.78, 5) is 35.8. The van der Waals surface area contributed by atoms with Gasteiger partial charge in [-0.25, -0.2) is 5.43 Å². The number of aryl methyl sites for hydroxylation is 1. The van der Waals surface area contributed by atoms with E-state index in [4.69, 9.17) is 21.1 Å². The zero-order chi connectivity index (χ0) is 25.1. The number of benzene rings is 2. The molecule has 0 radical (unpaired) electrons. The van der Waals surface area contributed by atoms with E-state index < -0.39 is 11.8 Å². The zero-order valence-electron chi connectivity index (χ0n) is 19.6. The molecule has 3 amide bonds. The number of rotatable bonds is 10. The first-order chi connectivity index (χ1) is 16.2. The first kappa shape index (κ1) is 26.7. The SMILES string of the molecule is CCOc1cc(/C=N\NC(=O)C(=O)N[C@@H](C)CC)ccc1OCC(=O)Nc1ccc(C)c(Cl)c1. The number of carbonyl (C=O) groups excluding carboxylic acids is 3. The summed E-state index contributed by atoms with van der Waals surface area (Å²) < 4.78 is 11.2. The molecule has 0 saturated carbocycles. The van der Waals surface area contributed by atoms with E-state index in [2.05, 4.69) is 21.2 Å². The molecule has 2 aromatic rings. The summed E-state index contributed by atoms with van der Waals surface area (Å²) in [6, 6.07) is 10.1. The second kappa shape index (κ2) is 13.2. The third-order valence-electron chi connectivity index (χ3n) is 4.66. The maximum Gasteiger partial charge on any atom is 0.329 e. The van der Waals surface area contributed by atoms with Gasteiger partial charge in [0.05, 0.1) is 12.8 Å². The summed E-state index contributed by atoms with van der Waals surface area (Å²) in [5, 5.41) is 9.64. The second-order valence-electron chi connectivity index (χ2n) is 7.42. The molecule has 0 fully saturated rings. The van der Waals surface area contributed by atoms with E-state index in [1.54, 1.807) is 37.3 Å². The predicted molar refractivity (Wildman–Crippen MR) is 132 cm³/mol. The first-order valence-electron chi connectivity index (χ1n) is 10.8. The summed E-state index contributed by atoms with van der Waals surface area (Å²) in [6.45, 7) is 7.53. The Hall–Kier alpha value is -3.59. The number of nitrogens with zero attached hydrogens (tertiary/aromatic N) is 1. The molecule has 2 aromatic carbocycles. The van der Waals surface area contributed by atoms with Gasteiger partial charge >= 0.3 is 11.8 Å². The highest BCUT2D eigenvalue weighted by Crippen LogP contribution is 2.28. The maximum absolute atomic E-state index is 12.3. The van der Waals surface area contributed by atoms with Crippen molar-refractivity contribution in [1.82, 2.24) is 10.7 Å². The van der Waals surface area contributed by atoms with E-state index in [-0.39, 0.29) is 18.6 Å². The first-order valence-corrected chi connectivity index (χ1v) is 11.2. The zero-order valence-corrected chi connectivity index (χ0v) is 20.4. The summed E-state index contributed by atoms with van der Waals surface area (Å²) in [5.74, 6) is -1.20. The molecule has 2 rings (SSSR count). The molecule has 0 saturated heterocycles. The number of anilines is 1. The standard InChI is InChI=1S/C24H29ClN4O5/c1-5-16(4)27-23(31)24(32)29-26-13-17-8-10-20(21(11-17)33-6-2)34-14-22(30)28-18-9-7-15(3)19(25)12-18/h7-13,16H,5-6,14H2,1-4H3,(H,27,31)(H,28,30)(H,29,32)/b26-13-/t16-/m0/s1. The van der Waals surface area contributed by atoms with Crippen molar-refractivity contribution in [2.45, 2.75) is 40.2 Å². The van der Waals surface area contributed by atoms with Crippen LogP contribution in [0.5, 0.6) is 11.5 Å². The summed E-state index contributed by atoms with van der Waals surface area (Å²) >= 11 is 6.08. The van der Waals surface area contributed by atoms with Crippen LogP contribution in [0.15, 0.2) is 41.5 Å². The van der Waals surface area contributed by atoms with Crippen LogP contribution >= 0.6 is 11.6 Å². The molecule has 9 nitrogen and oxygen atoms in total. The Morgan fingerprint density at radius 2 is 1.82 bits per heavy atom. The number of amides is 3. The number of hydrazone groups is 1. The fourth-order valence-electron chi connectivity index (χ4n) is 2.61. The van der Waals surface area contributed by atoms with Crippen molar-refractivity contribution >= 4 is 41.2 Å². The summed E-state index contributed by atoms with van der Waals surface area (Å²) in [7, 11) is 0. The molecule has 0 heterocycles. The quantitative estimate of drug-likeness (QED) is 0.269. The smallest absolute Gasteiger partial charge is 0.329 e. The summed E-state index contributed by atoms with van der Waals surface area (Å²) in [6.07, 6.45) is 2.08. The molecule has 0 aliphatic heterocycles. The lowest BCUT2D eigenvalue weighted by molar-refractivity contribution is -0.139. The van der Waals surface area contributed by atoms with Gasteiger partial charge < -0.3 is 20.1 Å². The molecule has 0 aliphatic rings. The lowest BCUT2D eigenvalue weighted by Crippen LogP contribution is -2.41. The van der Waals surface area contributed by atoms with Crippen molar-refractivity contribution in [1.29, 1.82) is 0 Å². The molecular weight excluding hydrogens is 460 g/mol. The lowest BCUT2D eigenvalue weighted by atomic mass is 10.2. The highest BCUT2D eigenvalue weighted by Gasteiger charge is 2.14. The van der Waals surface area contributed by atoms with Crippen LogP contribution in [0.4, 0.5) is 5.69 Å². The highest BCUT2D eigenvalue weighted by molar-refractivity contribution is 6.35. The van der Waals surface area contributed by atoms with Crippen molar-refractivity contribution in [2.24, 2.45) is 5.10 Å². The van der Waals surface area contributed by atoms with Crippen LogP contribution in [0, 0.1) is 6.92 Å². The summed E-state index contributed by atoms with van der Waals surface area (Å²) in [5.41, 5.74) is 4.26. The van der Waals surface area contributed by atoms with E-state index in [0.29, 0.717) is 40.8 Å². The Balaban J connectivity index is 1.96. The number of hydrogen-bond donors (Lipinski definition) is 3. The number of halogens is 1. The van der Waals surface area contributed by atoms with Gasteiger partial charge in [-0.1, -0.05) is 24.6 Å². The van der Waals surface area contributed by atoms with E-state index >= 15 is 0 Å². The van der Waals surface area contributed by atoms with Crippen LogP contribution in [0.2, 0.25) is 5.02 Å². The lowest BCUT2D eigenvalue weighted by Gasteiger charge is -2.13. The molecule has 0 bridgehead atoms. The Morgan fingerprint density at radius 1 is 1.06 bits per heavy atom. The van der Waals surface area contributed by atoms with Crippen LogP contribution in [0.1, 0.15) is 38.3 Å². The largest absolute Gasteiger partial charge is 0.490 e. The Labute approximate surface area is 203 Å². The van der Waals surface area contributed by atoms with Gasteiger partial charge in [0.2, 0.25) is 0 Å². The monoisotopic (exact) mass is 488 g/mol. The molecule has 1 atom stereocenters. The highest BCUT2D eigenvalue weighted by atomic mass is 35.5. The van der Waals surface area contributed by atoms with Crippen LogP contribution in [0.25, 0.3) is 0 Å². The molecule has 0 aliphatic carbocycles. The van der Waals surface area contributed by atoms with Crippen LogP contribution in [-0.4, -0.2) is 43.2 Å². The molecule has 10 heteroatoms. The van der Waals surface area contributed by atoms with Crippen LogP contribution in [0.3, 0.4) is 0 Å². The average Bonchev–Trinajstić information content (AvgIpc) is 2.80. The maximum atomic E-state index is 12.3. The van der Waals surface area contributed by atoms with E-state index in [1.165, 1.54) is 6.21 Å². The number of carbonyl (C=O) groups is 3. The minimum Gasteiger partial charge on any atom is -0.490 e. The molecular formula is C24H29ClN4O5. The van der Waals surface area contributed by atoms with Gasteiger partial charge in [-0.15, -0.1) is 0 Å². The van der Waals surface area contributed by atoms with Crippen molar-refractivity contribution in [2.75, 3.05) is 18.5 Å². The molecule has 0 aromatic heterocycles. The Morgan fingerprint density at radius 3 is 2.50 bits per heavy atom. The molecule has 3 N–H and O–H groups in total. The van der Waals surface area contributed by atoms with Crippen LogP contribution in [-0.2, 0) is 14.4 Å². The third kappa shape index (κ3) is 8.40. The van der Waals surface area contributed by atoms with Crippen molar-refractivity contribution in [3.05, 3.63) is 52.5 Å². The minimum absolute atomic E-state index is 0.111. The van der Waals surface area contributed by atoms with Gasteiger partial charge in [-0.3, -0.25) is 14.4 Å². The second-order valence-corrected chi connectivity index (χ2v) is 7.83. The number of hydrogen-bond acceptors (Lipinski definition) is 6. The fraction of sp³-hybridized carbons (Fsp3) is 0.333. The van der Waals surface area contributed by atoms with Gasteiger partial charge in [0.15, 0.2) is 18.1 Å². The van der Waals surface area contributed by atoms with Crippen molar-refractivity contribution < 1.29 is 23.9 Å². The molecule has 0 unspecified atom stereocenters.